The molecule has 0 aliphatic carbocycles. The van der Waals surface area contributed by atoms with Crippen LogP contribution in [-0.4, -0.2) is 29.1 Å². The van der Waals surface area contributed by atoms with Crippen molar-refractivity contribution in [1.82, 2.24) is 4.98 Å². The minimum absolute atomic E-state index is 0.00953. The quantitative estimate of drug-likeness (QED) is 0.630. The third kappa shape index (κ3) is 5.31. The lowest BCUT2D eigenvalue weighted by Gasteiger charge is -2.06. The van der Waals surface area contributed by atoms with Gasteiger partial charge < -0.3 is 15.7 Å². The minimum Gasteiger partial charge on any atom is -0.396 e. The summed E-state index contributed by atoms with van der Waals surface area (Å²) in [6.45, 7) is 2.81. The Kier molecular flexibility index (Phi) is 6.03. The van der Waals surface area contributed by atoms with E-state index in [1.54, 1.807) is 12.3 Å². The number of nitrogens with zero attached hydrogens (tertiary/aromatic N) is 1. The second kappa shape index (κ2) is 7.62. The van der Waals surface area contributed by atoms with Crippen LogP contribution < -0.4 is 10.6 Å². The molecule has 5 nitrogen and oxygen atoms in total. The van der Waals surface area contributed by atoms with Gasteiger partial charge in [0.2, 0.25) is 5.91 Å². The summed E-state index contributed by atoms with van der Waals surface area (Å²) < 4.78 is 0. The number of pyridine rings is 1. The number of rotatable bonds is 7. The number of anilines is 2. The van der Waals surface area contributed by atoms with Gasteiger partial charge in [-0.05, 0) is 25.0 Å². The van der Waals surface area contributed by atoms with Crippen LogP contribution in [0.15, 0.2) is 18.3 Å². The van der Waals surface area contributed by atoms with Gasteiger partial charge in [-0.15, -0.1) is 0 Å². The van der Waals surface area contributed by atoms with Crippen LogP contribution >= 0.6 is 0 Å². The van der Waals surface area contributed by atoms with Gasteiger partial charge in [0, 0.05) is 19.6 Å². The molecule has 0 aliphatic rings. The predicted molar refractivity (Wildman–Crippen MR) is 68.0 cm³/mol. The number of hydrogen-bond donors (Lipinski definition) is 3. The zero-order valence-corrected chi connectivity index (χ0v) is 10.1. The van der Waals surface area contributed by atoms with Gasteiger partial charge in [0.15, 0.2) is 0 Å². The fraction of sp³-hybridized carbons (Fsp3) is 0.500. The molecule has 0 aliphatic heterocycles. The summed E-state index contributed by atoms with van der Waals surface area (Å²) in [5, 5.41) is 14.5. The maximum absolute atomic E-state index is 11.3. The van der Waals surface area contributed by atoms with E-state index >= 15 is 0 Å². The van der Waals surface area contributed by atoms with E-state index in [1.807, 2.05) is 13.0 Å². The summed E-state index contributed by atoms with van der Waals surface area (Å²) in [6, 6.07) is 3.61. The van der Waals surface area contributed by atoms with E-state index < -0.39 is 0 Å². The Bertz CT molecular complexity index is 338. The molecule has 1 rings (SSSR count). The number of carbonyl (C=O) groups is 1. The lowest BCUT2D eigenvalue weighted by molar-refractivity contribution is -0.116. The van der Waals surface area contributed by atoms with E-state index in [2.05, 4.69) is 15.6 Å². The number of aromatic nitrogens is 1. The summed E-state index contributed by atoms with van der Waals surface area (Å²) in [5.74, 6) is 0.752. The van der Waals surface area contributed by atoms with E-state index in [0.717, 1.165) is 12.2 Å². The molecule has 1 aromatic heterocycles. The fourth-order valence-electron chi connectivity index (χ4n) is 1.32. The Hall–Kier alpha value is -1.62. The van der Waals surface area contributed by atoms with Crippen LogP contribution in [0.25, 0.3) is 0 Å². The molecule has 0 bridgehead atoms. The average Bonchev–Trinajstić information content (AvgIpc) is 2.32. The molecule has 94 valence electrons. The van der Waals surface area contributed by atoms with Crippen molar-refractivity contribution < 1.29 is 9.90 Å². The molecular formula is C12H19N3O2. The first kappa shape index (κ1) is 13.4. The van der Waals surface area contributed by atoms with Crippen molar-refractivity contribution in [2.45, 2.75) is 26.2 Å². The largest absolute Gasteiger partial charge is 0.396 e. The molecule has 0 spiro atoms. The predicted octanol–water partition coefficient (Wildman–Crippen LogP) is 1.61. The highest BCUT2D eigenvalue weighted by molar-refractivity contribution is 5.90. The highest BCUT2D eigenvalue weighted by Gasteiger charge is 2.01. The molecule has 0 unspecified atom stereocenters. The standard InChI is InChI=1S/C12H19N3O2/c1-2-4-12(17)15-10-5-6-11(14-9-10)13-7-3-8-16/h5-6,9,16H,2-4,7-8H2,1H3,(H,13,14)(H,15,17). The molecule has 1 heterocycles. The Morgan fingerprint density at radius 1 is 1.47 bits per heavy atom. The van der Waals surface area contributed by atoms with Crippen LogP contribution in [0.3, 0.4) is 0 Å². The van der Waals surface area contributed by atoms with E-state index in [0.29, 0.717) is 25.1 Å². The van der Waals surface area contributed by atoms with Crippen molar-refractivity contribution in [3.63, 3.8) is 0 Å². The molecule has 3 N–H and O–H groups in total. The molecule has 1 aromatic rings. The summed E-state index contributed by atoms with van der Waals surface area (Å²) in [4.78, 5) is 15.5. The molecule has 17 heavy (non-hydrogen) atoms. The third-order valence-corrected chi connectivity index (χ3v) is 2.17. The van der Waals surface area contributed by atoms with Gasteiger partial charge in [0.1, 0.15) is 5.82 Å². The van der Waals surface area contributed by atoms with Gasteiger partial charge in [0.05, 0.1) is 11.9 Å². The number of nitrogens with one attached hydrogen (secondary N) is 2. The number of carbonyl (C=O) groups excluding carboxylic acids is 1. The Balaban J connectivity index is 2.41. The van der Waals surface area contributed by atoms with Crippen LogP contribution in [0.2, 0.25) is 0 Å². The van der Waals surface area contributed by atoms with E-state index in [-0.39, 0.29) is 12.5 Å². The lowest BCUT2D eigenvalue weighted by Crippen LogP contribution is -2.11. The molecule has 1 amide bonds. The van der Waals surface area contributed by atoms with E-state index in [4.69, 9.17) is 5.11 Å². The molecule has 0 saturated heterocycles. The van der Waals surface area contributed by atoms with Crippen LogP contribution in [0.5, 0.6) is 0 Å². The maximum atomic E-state index is 11.3. The first-order chi connectivity index (χ1) is 8.26. The van der Waals surface area contributed by atoms with E-state index in [1.165, 1.54) is 0 Å². The van der Waals surface area contributed by atoms with Crippen LogP contribution in [0.4, 0.5) is 11.5 Å². The van der Waals surface area contributed by atoms with Crippen molar-refractivity contribution >= 4 is 17.4 Å². The fourth-order valence-corrected chi connectivity index (χ4v) is 1.32. The number of aliphatic hydroxyl groups excluding tert-OH is 1. The number of aliphatic hydroxyl groups is 1. The Labute approximate surface area is 101 Å². The zero-order valence-electron chi connectivity index (χ0n) is 10.1. The summed E-state index contributed by atoms with van der Waals surface area (Å²) in [5.41, 5.74) is 0.705. The van der Waals surface area contributed by atoms with Gasteiger partial charge in [-0.3, -0.25) is 4.79 Å². The van der Waals surface area contributed by atoms with E-state index in [9.17, 15) is 4.79 Å². The summed E-state index contributed by atoms with van der Waals surface area (Å²) >= 11 is 0. The third-order valence-electron chi connectivity index (χ3n) is 2.17. The second-order valence-electron chi connectivity index (χ2n) is 3.73. The minimum atomic E-state index is 0.00953. The van der Waals surface area contributed by atoms with Crippen molar-refractivity contribution in [1.29, 1.82) is 0 Å². The zero-order chi connectivity index (χ0) is 12.5. The van der Waals surface area contributed by atoms with Gasteiger partial charge in [-0.2, -0.15) is 0 Å². The first-order valence-corrected chi connectivity index (χ1v) is 5.87. The van der Waals surface area contributed by atoms with Crippen molar-refractivity contribution in [3.8, 4) is 0 Å². The van der Waals surface area contributed by atoms with Crippen LogP contribution in [0.1, 0.15) is 26.2 Å². The molecule has 0 radical (unpaired) electrons. The Morgan fingerprint density at radius 2 is 2.29 bits per heavy atom. The number of hydrogen-bond acceptors (Lipinski definition) is 4. The molecule has 0 fully saturated rings. The van der Waals surface area contributed by atoms with Crippen LogP contribution in [0, 0.1) is 0 Å². The van der Waals surface area contributed by atoms with Crippen molar-refractivity contribution in [3.05, 3.63) is 18.3 Å². The van der Waals surface area contributed by atoms with Gasteiger partial charge >= 0.3 is 0 Å². The normalized spacial score (nSPS) is 10.0. The molecule has 5 heteroatoms. The van der Waals surface area contributed by atoms with Crippen molar-refractivity contribution in [2.24, 2.45) is 0 Å². The van der Waals surface area contributed by atoms with Gasteiger partial charge in [0.25, 0.3) is 0 Å². The highest BCUT2D eigenvalue weighted by atomic mass is 16.3. The molecule has 0 atom stereocenters. The lowest BCUT2D eigenvalue weighted by atomic mass is 10.3. The summed E-state index contributed by atoms with van der Waals surface area (Å²) in [6.07, 6.45) is 3.67. The maximum Gasteiger partial charge on any atom is 0.224 e. The highest BCUT2D eigenvalue weighted by Crippen LogP contribution is 2.10. The van der Waals surface area contributed by atoms with Crippen LogP contribution in [-0.2, 0) is 4.79 Å². The first-order valence-electron chi connectivity index (χ1n) is 5.87. The smallest absolute Gasteiger partial charge is 0.224 e. The monoisotopic (exact) mass is 237 g/mol. The Morgan fingerprint density at radius 3 is 2.88 bits per heavy atom. The topological polar surface area (TPSA) is 74.2 Å². The van der Waals surface area contributed by atoms with Gasteiger partial charge in [-0.25, -0.2) is 4.98 Å². The second-order valence-corrected chi connectivity index (χ2v) is 3.73. The van der Waals surface area contributed by atoms with Crippen molar-refractivity contribution in [2.75, 3.05) is 23.8 Å². The SMILES string of the molecule is CCCC(=O)Nc1ccc(NCCCO)nc1. The molecule has 0 saturated carbocycles. The molecule has 0 aromatic carbocycles. The van der Waals surface area contributed by atoms with Gasteiger partial charge in [-0.1, -0.05) is 6.92 Å². The molecular weight excluding hydrogens is 218 g/mol. The summed E-state index contributed by atoms with van der Waals surface area (Å²) in [7, 11) is 0. The number of amides is 1. The average molecular weight is 237 g/mol.